The number of fused-ring (bicyclic) bond motifs is 1. The van der Waals surface area contributed by atoms with E-state index in [-0.39, 0.29) is 11.3 Å². The molecule has 2 aromatic heterocycles. The van der Waals surface area contributed by atoms with Gasteiger partial charge in [0.2, 0.25) is 0 Å². The summed E-state index contributed by atoms with van der Waals surface area (Å²) < 4.78 is 3.43. The number of benzene rings is 2. The highest BCUT2D eigenvalue weighted by Gasteiger charge is 2.16. The summed E-state index contributed by atoms with van der Waals surface area (Å²) in [5.74, 6) is -0.473. The van der Waals surface area contributed by atoms with Crippen LogP contribution in [-0.2, 0) is 6.54 Å². The summed E-state index contributed by atoms with van der Waals surface area (Å²) >= 11 is 6.01. The van der Waals surface area contributed by atoms with Crippen molar-refractivity contribution in [1.29, 1.82) is 0 Å². The standard InChI is InChI=1S/C25H24ClN5O2/c1-4-13-30-25(33)22-8-6-5-7-21(22)23(29-30)24(32)28-27-15-18-14-16(2)31(17(18)3)20-11-9-19(26)10-12-20/h5-12,14-15H,4,13H2,1-3H3,(H,28,32)/b27-15+. The number of amides is 1. The first-order chi connectivity index (χ1) is 15.9. The lowest BCUT2D eigenvalue weighted by Gasteiger charge is -2.10. The van der Waals surface area contributed by atoms with Gasteiger partial charge < -0.3 is 4.57 Å². The summed E-state index contributed by atoms with van der Waals surface area (Å²) in [4.78, 5) is 25.5. The van der Waals surface area contributed by atoms with Gasteiger partial charge in [0.15, 0.2) is 5.69 Å². The fraction of sp³-hybridized carbons (Fsp3) is 0.200. The van der Waals surface area contributed by atoms with Gasteiger partial charge in [-0.05, 0) is 56.7 Å². The molecular formula is C25H24ClN5O2. The van der Waals surface area contributed by atoms with Crippen molar-refractivity contribution >= 4 is 34.5 Å². The largest absolute Gasteiger partial charge is 0.318 e. The van der Waals surface area contributed by atoms with E-state index < -0.39 is 5.91 Å². The number of nitrogens with zero attached hydrogens (tertiary/aromatic N) is 4. The zero-order chi connectivity index (χ0) is 23.5. The Morgan fingerprint density at radius 3 is 2.52 bits per heavy atom. The van der Waals surface area contributed by atoms with E-state index in [0.29, 0.717) is 22.3 Å². The van der Waals surface area contributed by atoms with Crippen LogP contribution >= 0.6 is 11.6 Å². The lowest BCUT2D eigenvalue weighted by molar-refractivity contribution is 0.0949. The van der Waals surface area contributed by atoms with Crippen molar-refractivity contribution in [2.45, 2.75) is 33.7 Å². The molecule has 0 saturated heterocycles. The Morgan fingerprint density at radius 1 is 1.12 bits per heavy atom. The summed E-state index contributed by atoms with van der Waals surface area (Å²) in [6.45, 7) is 6.38. The Labute approximate surface area is 196 Å². The van der Waals surface area contributed by atoms with Crippen LogP contribution in [0.25, 0.3) is 16.5 Å². The molecule has 1 amide bonds. The summed E-state index contributed by atoms with van der Waals surface area (Å²) in [5.41, 5.74) is 6.39. The number of rotatable bonds is 6. The molecule has 0 spiro atoms. The molecule has 0 atom stereocenters. The van der Waals surface area contributed by atoms with Crippen LogP contribution in [0.3, 0.4) is 0 Å². The van der Waals surface area contributed by atoms with Gasteiger partial charge in [0.1, 0.15) is 0 Å². The number of halogens is 1. The third-order valence-electron chi connectivity index (χ3n) is 5.44. The molecule has 1 N–H and O–H groups in total. The van der Waals surface area contributed by atoms with Crippen molar-refractivity contribution in [1.82, 2.24) is 19.8 Å². The molecule has 2 heterocycles. The molecule has 4 rings (SSSR count). The van der Waals surface area contributed by atoms with E-state index in [4.69, 9.17) is 11.6 Å². The number of hydrogen-bond acceptors (Lipinski definition) is 4. The highest BCUT2D eigenvalue weighted by Crippen LogP contribution is 2.21. The van der Waals surface area contributed by atoms with E-state index >= 15 is 0 Å². The summed E-state index contributed by atoms with van der Waals surface area (Å²) in [6.07, 6.45) is 2.34. The predicted octanol–water partition coefficient (Wildman–Crippen LogP) is 4.63. The Bertz CT molecular complexity index is 1420. The Morgan fingerprint density at radius 2 is 1.82 bits per heavy atom. The van der Waals surface area contributed by atoms with Crippen molar-refractivity contribution in [3.8, 4) is 5.69 Å². The highest BCUT2D eigenvalue weighted by molar-refractivity contribution is 6.30. The van der Waals surface area contributed by atoms with E-state index in [2.05, 4.69) is 20.2 Å². The third-order valence-corrected chi connectivity index (χ3v) is 5.70. The molecule has 4 aromatic rings. The van der Waals surface area contributed by atoms with E-state index in [1.165, 1.54) is 4.68 Å². The highest BCUT2D eigenvalue weighted by atomic mass is 35.5. The first-order valence-electron chi connectivity index (χ1n) is 10.7. The molecule has 168 valence electrons. The molecule has 0 aliphatic heterocycles. The van der Waals surface area contributed by atoms with Crippen LogP contribution in [0.1, 0.15) is 40.8 Å². The molecular weight excluding hydrogens is 438 g/mol. The molecule has 8 heteroatoms. The summed E-state index contributed by atoms with van der Waals surface area (Å²) in [7, 11) is 0. The van der Waals surface area contributed by atoms with Gasteiger partial charge >= 0.3 is 0 Å². The maximum atomic E-state index is 12.9. The SMILES string of the molecule is CCCn1nc(C(=O)N/N=C/c2cc(C)n(-c3ccc(Cl)cc3)c2C)c2ccccc2c1=O. The van der Waals surface area contributed by atoms with Crippen molar-refractivity contribution < 1.29 is 4.79 Å². The van der Waals surface area contributed by atoms with Crippen LogP contribution in [0, 0.1) is 13.8 Å². The van der Waals surface area contributed by atoms with Gasteiger partial charge in [-0.25, -0.2) is 10.1 Å². The number of aryl methyl sites for hydroxylation is 2. The molecule has 0 saturated carbocycles. The fourth-order valence-electron chi connectivity index (χ4n) is 3.89. The van der Waals surface area contributed by atoms with E-state index in [1.54, 1.807) is 30.5 Å². The van der Waals surface area contributed by atoms with Crippen LogP contribution in [0.2, 0.25) is 5.02 Å². The average Bonchev–Trinajstić information content (AvgIpc) is 3.09. The molecule has 33 heavy (non-hydrogen) atoms. The van der Waals surface area contributed by atoms with Crippen LogP contribution in [-0.4, -0.2) is 26.5 Å². The van der Waals surface area contributed by atoms with Crippen molar-refractivity contribution in [3.05, 3.63) is 92.6 Å². The van der Waals surface area contributed by atoms with Gasteiger partial charge in [0.25, 0.3) is 11.5 Å². The quantitative estimate of drug-likeness (QED) is 0.335. The minimum atomic E-state index is -0.473. The first-order valence-corrected chi connectivity index (χ1v) is 11.1. The van der Waals surface area contributed by atoms with E-state index in [0.717, 1.165) is 29.1 Å². The Balaban J connectivity index is 1.61. The molecule has 0 radical (unpaired) electrons. The van der Waals surface area contributed by atoms with E-state index in [1.807, 2.05) is 51.1 Å². The van der Waals surface area contributed by atoms with Gasteiger partial charge in [-0.3, -0.25) is 9.59 Å². The monoisotopic (exact) mass is 461 g/mol. The lowest BCUT2D eigenvalue weighted by atomic mass is 10.1. The smallest absolute Gasteiger partial charge is 0.292 e. The normalized spacial score (nSPS) is 11.4. The maximum absolute atomic E-state index is 12.9. The van der Waals surface area contributed by atoms with Gasteiger partial charge in [-0.15, -0.1) is 0 Å². The number of hydrazone groups is 1. The van der Waals surface area contributed by atoms with Gasteiger partial charge in [-0.1, -0.05) is 36.7 Å². The second-order valence-electron chi connectivity index (χ2n) is 7.76. The zero-order valence-corrected chi connectivity index (χ0v) is 19.4. The second kappa shape index (κ2) is 9.42. The summed E-state index contributed by atoms with van der Waals surface area (Å²) in [6, 6.07) is 16.6. The van der Waals surface area contributed by atoms with Gasteiger partial charge in [0, 0.05) is 39.6 Å². The Hall–Kier alpha value is -3.71. The van der Waals surface area contributed by atoms with Crippen molar-refractivity contribution in [2.75, 3.05) is 0 Å². The molecule has 0 unspecified atom stereocenters. The molecule has 0 aliphatic rings. The fourth-order valence-corrected chi connectivity index (χ4v) is 4.01. The maximum Gasteiger partial charge on any atom is 0.292 e. The van der Waals surface area contributed by atoms with Gasteiger partial charge in [0.05, 0.1) is 11.6 Å². The first kappa shape index (κ1) is 22.5. The molecule has 2 aromatic carbocycles. The number of nitrogens with one attached hydrogen (secondary N) is 1. The minimum Gasteiger partial charge on any atom is -0.318 e. The molecule has 0 bridgehead atoms. The second-order valence-corrected chi connectivity index (χ2v) is 8.20. The molecule has 0 aliphatic carbocycles. The number of carbonyl (C=O) groups is 1. The van der Waals surface area contributed by atoms with Crippen LogP contribution in [0.15, 0.2) is 64.5 Å². The van der Waals surface area contributed by atoms with Crippen LogP contribution in [0.4, 0.5) is 0 Å². The average molecular weight is 462 g/mol. The molecule has 7 nitrogen and oxygen atoms in total. The topological polar surface area (TPSA) is 81.3 Å². The Kier molecular flexibility index (Phi) is 6.42. The number of aromatic nitrogens is 3. The minimum absolute atomic E-state index is 0.169. The van der Waals surface area contributed by atoms with Gasteiger partial charge in [-0.2, -0.15) is 10.2 Å². The van der Waals surface area contributed by atoms with E-state index in [9.17, 15) is 9.59 Å². The third kappa shape index (κ3) is 4.45. The number of carbonyl (C=O) groups excluding carboxylic acids is 1. The molecule has 0 fully saturated rings. The zero-order valence-electron chi connectivity index (χ0n) is 18.7. The van der Waals surface area contributed by atoms with Crippen LogP contribution in [0.5, 0.6) is 0 Å². The lowest BCUT2D eigenvalue weighted by Crippen LogP contribution is -2.29. The predicted molar refractivity (Wildman–Crippen MR) is 132 cm³/mol. The van der Waals surface area contributed by atoms with Crippen LogP contribution < -0.4 is 11.0 Å². The summed E-state index contributed by atoms with van der Waals surface area (Å²) in [5, 5.41) is 10.1. The van der Waals surface area contributed by atoms with Crippen molar-refractivity contribution in [3.63, 3.8) is 0 Å². The van der Waals surface area contributed by atoms with Crippen molar-refractivity contribution in [2.24, 2.45) is 5.10 Å². The number of hydrogen-bond donors (Lipinski definition) is 1.